The number of fused-ring (bicyclic) bond motifs is 1. The third-order valence-corrected chi connectivity index (χ3v) is 4.11. The first-order chi connectivity index (χ1) is 12.3. The molecule has 0 fully saturated rings. The molecule has 3 heterocycles. The number of hydrogen-bond acceptors (Lipinski definition) is 6. The van der Waals surface area contributed by atoms with Crippen LogP contribution in [0.2, 0.25) is 0 Å². The summed E-state index contributed by atoms with van der Waals surface area (Å²) in [5.41, 5.74) is 1.65. The average Bonchev–Trinajstić information content (AvgIpc) is 3.30. The minimum Gasteiger partial charge on any atom is -0.490 e. The van der Waals surface area contributed by atoms with E-state index in [1.807, 2.05) is 47.2 Å². The number of aromatic nitrogens is 4. The van der Waals surface area contributed by atoms with E-state index in [1.165, 1.54) is 0 Å². The predicted molar refractivity (Wildman–Crippen MR) is 96.3 cm³/mol. The van der Waals surface area contributed by atoms with Crippen molar-refractivity contribution in [3.63, 3.8) is 0 Å². The molecule has 0 atom stereocenters. The van der Waals surface area contributed by atoms with Crippen LogP contribution in [0.4, 0.5) is 0 Å². The van der Waals surface area contributed by atoms with Crippen molar-refractivity contribution in [2.45, 2.75) is 0 Å². The highest BCUT2D eigenvalue weighted by Gasteiger charge is 2.11. The van der Waals surface area contributed by atoms with Gasteiger partial charge in [-0.3, -0.25) is 0 Å². The zero-order valence-electron chi connectivity index (χ0n) is 13.2. The Morgan fingerprint density at radius 3 is 2.64 bits per heavy atom. The molecule has 0 saturated carbocycles. The van der Waals surface area contributed by atoms with Crippen molar-refractivity contribution in [3.8, 4) is 28.8 Å². The molecule has 0 unspecified atom stereocenters. The maximum atomic E-state index is 5.83. The SMILES string of the molecule is C=CCOc1ccc(Oc2ccc3nnc(-c4ccsc4)n3n2)cc1. The van der Waals surface area contributed by atoms with Gasteiger partial charge in [-0.05, 0) is 41.8 Å². The minimum absolute atomic E-state index is 0.462. The molecule has 0 aliphatic carbocycles. The molecule has 3 aromatic heterocycles. The van der Waals surface area contributed by atoms with Crippen molar-refractivity contribution in [2.75, 3.05) is 6.61 Å². The number of benzene rings is 1. The van der Waals surface area contributed by atoms with Crippen molar-refractivity contribution in [2.24, 2.45) is 0 Å². The number of thiophene rings is 1. The van der Waals surface area contributed by atoms with E-state index < -0.39 is 0 Å². The topological polar surface area (TPSA) is 61.5 Å². The molecule has 25 heavy (non-hydrogen) atoms. The fourth-order valence-electron chi connectivity index (χ4n) is 2.28. The Kier molecular flexibility index (Phi) is 4.14. The van der Waals surface area contributed by atoms with E-state index in [0.717, 1.165) is 11.3 Å². The van der Waals surface area contributed by atoms with Gasteiger partial charge >= 0.3 is 0 Å². The minimum atomic E-state index is 0.462. The van der Waals surface area contributed by atoms with Gasteiger partial charge in [-0.15, -0.1) is 15.3 Å². The summed E-state index contributed by atoms with van der Waals surface area (Å²) in [5, 5.41) is 16.8. The van der Waals surface area contributed by atoms with Crippen LogP contribution >= 0.6 is 11.3 Å². The average molecular weight is 350 g/mol. The second kappa shape index (κ2) is 6.74. The van der Waals surface area contributed by atoms with Crippen molar-refractivity contribution >= 4 is 17.0 Å². The van der Waals surface area contributed by atoms with Crippen molar-refractivity contribution in [3.05, 3.63) is 65.9 Å². The summed E-state index contributed by atoms with van der Waals surface area (Å²) in [6.07, 6.45) is 1.70. The molecule has 0 bridgehead atoms. The van der Waals surface area contributed by atoms with Gasteiger partial charge in [0.2, 0.25) is 5.88 Å². The second-order valence-electron chi connectivity index (χ2n) is 5.15. The Bertz CT molecular complexity index is 994. The van der Waals surface area contributed by atoms with E-state index in [4.69, 9.17) is 9.47 Å². The van der Waals surface area contributed by atoms with Gasteiger partial charge in [-0.1, -0.05) is 12.7 Å². The second-order valence-corrected chi connectivity index (χ2v) is 5.93. The van der Waals surface area contributed by atoms with Gasteiger partial charge in [0.25, 0.3) is 0 Å². The van der Waals surface area contributed by atoms with Gasteiger partial charge in [0.1, 0.15) is 18.1 Å². The van der Waals surface area contributed by atoms with Gasteiger partial charge in [-0.25, -0.2) is 0 Å². The smallest absolute Gasteiger partial charge is 0.237 e. The normalized spacial score (nSPS) is 10.7. The van der Waals surface area contributed by atoms with E-state index in [-0.39, 0.29) is 0 Å². The quantitative estimate of drug-likeness (QED) is 0.488. The molecule has 0 radical (unpaired) electrons. The van der Waals surface area contributed by atoms with Gasteiger partial charge in [0.15, 0.2) is 11.5 Å². The summed E-state index contributed by atoms with van der Waals surface area (Å²) < 4.78 is 13.0. The van der Waals surface area contributed by atoms with Crippen LogP contribution in [0.15, 0.2) is 65.9 Å². The lowest BCUT2D eigenvalue weighted by atomic mass is 10.3. The Labute approximate surface area is 148 Å². The molecular weight excluding hydrogens is 336 g/mol. The highest BCUT2D eigenvalue weighted by molar-refractivity contribution is 7.08. The highest BCUT2D eigenvalue weighted by Crippen LogP contribution is 2.25. The summed E-state index contributed by atoms with van der Waals surface area (Å²) >= 11 is 1.60. The maximum Gasteiger partial charge on any atom is 0.237 e. The lowest BCUT2D eigenvalue weighted by molar-refractivity contribution is 0.362. The van der Waals surface area contributed by atoms with E-state index in [0.29, 0.717) is 29.7 Å². The number of rotatable bonds is 6. The lowest BCUT2D eigenvalue weighted by Gasteiger charge is -2.07. The molecule has 7 heteroatoms. The lowest BCUT2D eigenvalue weighted by Crippen LogP contribution is -1.97. The first kappa shape index (κ1) is 15.3. The zero-order valence-corrected chi connectivity index (χ0v) is 14.0. The summed E-state index contributed by atoms with van der Waals surface area (Å²) in [6.45, 7) is 4.09. The van der Waals surface area contributed by atoms with Crippen molar-refractivity contribution in [1.29, 1.82) is 0 Å². The summed E-state index contributed by atoms with van der Waals surface area (Å²) in [6, 6.07) is 12.9. The van der Waals surface area contributed by atoms with Crippen LogP contribution in [0, 0.1) is 0 Å². The molecular formula is C18H14N4O2S. The largest absolute Gasteiger partial charge is 0.490 e. The van der Waals surface area contributed by atoms with Crippen LogP contribution in [0.5, 0.6) is 17.4 Å². The molecule has 0 spiro atoms. The zero-order chi connectivity index (χ0) is 17.1. The van der Waals surface area contributed by atoms with Gasteiger partial charge in [-0.2, -0.15) is 15.9 Å². The van der Waals surface area contributed by atoms with Crippen LogP contribution in [0.25, 0.3) is 17.0 Å². The molecule has 0 N–H and O–H groups in total. The summed E-state index contributed by atoms with van der Waals surface area (Å²) in [4.78, 5) is 0. The first-order valence-electron chi connectivity index (χ1n) is 7.60. The van der Waals surface area contributed by atoms with Crippen molar-refractivity contribution in [1.82, 2.24) is 19.8 Å². The molecule has 0 aliphatic heterocycles. The molecule has 124 valence electrons. The molecule has 1 aromatic carbocycles. The fourth-order valence-corrected chi connectivity index (χ4v) is 2.91. The fraction of sp³-hybridized carbons (Fsp3) is 0.0556. The van der Waals surface area contributed by atoms with Gasteiger partial charge in [0.05, 0.1) is 0 Å². The first-order valence-corrected chi connectivity index (χ1v) is 8.54. The monoisotopic (exact) mass is 350 g/mol. The standard InChI is InChI=1S/C18H14N4O2S/c1-2-10-23-14-3-5-15(6-4-14)24-17-8-7-16-19-20-18(22(16)21-17)13-9-11-25-12-13/h2-9,11-12H,1,10H2. The van der Waals surface area contributed by atoms with Crippen LogP contribution in [0.1, 0.15) is 0 Å². The van der Waals surface area contributed by atoms with E-state index in [2.05, 4.69) is 21.9 Å². The van der Waals surface area contributed by atoms with Crippen LogP contribution < -0.4 is 9.47 Å². The third-order valence-electron chi connectivity index (χ3n) is 3.43. The Morgan fingerprint density at radius 2 is 1.88 bits per heavy atom. The number of hydrogen-bond donors (Lipinski definition) is 0. The molecule has 0 amide bonds. The Balaban J connectivity index is 1.59. The maximum absolute atomic E-state index is 5.83. The van der Waals surface area contributed by atoms with E-state index in [9.17, 15) is 0 Å². The third kappa shape index (κ3) is 3.22. The molecule has 0 aliphatic rings. The van der Waals surface area contributed by atoms with E-state index in [1.54, 1.807) is 28.0 Å². The molecule has 4 rings (SSSR count). The van der Waals surface area contributed by atoms with Gasteiger partial charge in [0, 0.05) is 17.0 Å². The number of nitrogens with zero attached hydrogens (tertiary/aromatic N) is 4. The molecule has 0 saturated heterocycles. The van der Waals surface area contributed by atoms with Gasteiger partial charge < -0.3 is 9.47 Å². The molecule has 6 nitrogen and oxygen atoms in total. The van der Waals surface area contributed by atoms with Crippen molar-refractivity contribution < 1.29 is 9.47 Å². The Morgan fingerprint density at radius 1 is 1.04 bits per heavy atom. The Hall–Kier alpha value is -3.19. The van der Waals surface area contributed by atoms with E-state index >= 15 is 0 Å². The predicted octanol–water partition coefficient (Wildman–Crippen LogP) is 4.21. The van der Waals surface area contributed by atoms with Crippen LogP contribution in [0.3, 0.4) is 0 Å². The van der Waals surface area contributed by atoms with Crippen LogP contribution in [-0.2, 0) is 0 Å². The summed E-state index contributed by atoms with van der Waals surface area (Å²) in [5.74, 6) is 2.58. The van der Waals surface area contributed by atoms with Crippen LogP contribution in [-0.4, -0.2) is 26.4 Å². The number of ether oxygens (including phenoxy) is 2. The molecule has 4 aromatic rings. The highest BCUT2D eigenvalue weighted by atomic mass is 32.1. The summed E-state index contributed by atoms with van der Waals surface area (Å²) in [7, 11) is 0.